The Morgan fingerprint density at radius 3 is 2.37 bits per heavy atom. The fourth-order valence-electron chi connectivity index (χ4n) is 1.30. The molecule has 0 aliphatic heterocycles. The molecule has 7 heteroatoms. The molecule has 0 fully saturated rings. The van der Waals surface area contributed by atoms with Crippen LogP contribution in [-0.4, -0.2) is 48.8 Å². The van der Waals surface area contributed by atoms with E-state index in [0.29, 0.717) is 32.3 Å². The van der Waals surface area contributed by atoms with Gasteiger partial charge in [0, 0.05) is 32.9 Å². The summed E-state index contributed by atoms with van der Waals surface area (Å²) in [6.45, 7) is 8.22. The Bertz CT molecular complexity index is 277. The molecule has 0 aliphatic carbocycles. The van der Waals surface area contributed by atoms with Gasteiger partial charge in [0.2, 0.25) is 0 Å². The number of carbonyl (C=O) groups excluding carboxylic acids is 1. The molecule has 0 aliphatic rings. The molecule has 0 aromatic rings. The highest BCUT2D eigenvalue weighted by molar-refractivity contribution is 6.62. The third kappa shape index (κ3) is 7.78. The van der Waals surface area contributed by atoms with Gasteiger partial charge in [-0.3, -0.25) is 0 Å². The van der Waals surface area contributed by atoms with Crippen LogP contribution in [0.3, 0.4) is 0 Å². The SMILES string of the molecule is C=COCCOCCC[Si](OC)(OC)OC(=O)C=C. The predicted octanol–water partition coefficient (Wildman–Crippen LogP) is 1.51. The molecule has 0 unspecified atom stereocenters. The van der Waals surface area contributed by atoms with Gasteiger partial charge in [-0.1, -0.05) is 13.2 Å². The summed E-state index contributed by atoms with van der Waals surface area (Å²) in [6, 6.07) is 0.488. The molecule has 0 radical (unpaired) electrons. The van der Waals surface area contributed by atoms with Crippen molar-refractivity contribution in [2.24, 2.45) is 0 Å². The lowest BCUT2D eigenvalue weighted by atomic mass is 10.5. The summed E-state index contributed by atoms with van der Waals surface area (Å²) < 4.78 is 25.9. The number of carbonyl (C=O) groups is 1. The van der Waals surface area contributed by atoms with E-state index in [1.165, 1.54) is 20.5 Å². The second-order valence-electron chi connectivity index (χ2n) is 3.47. The summed E-state index contributed by atoms with van der Waals surface area (Å²) in [5.74, 6) is -0.546. The van der Waals surface area contributed by atoms with E-state index >= 15 is 0 Å². The maximum atomic E-state index is 11.2. The van der Waals surface area contributed by atoms with Crippen molar-refractivity contribution in [3.8, 4) is 0 Å². The van der Waals surface area contributed by atoms with Crippen molar-refractivity contribution in [2.75, 3.05) is 34.0 Å². The van der Waals surface area contributed by atoms with Gasteiger partial charge in [0.25, 0.3) is 0 Å². The fourth-order valence-corrected chi connectivity index (χ4v) is 3.11. The zero-order chi connectivity index (χ0) is 14.6. The summed E-state index contributed by atoms with van der Waals surface area (Å²) in [7, 11) is -0.0247. The van der Waals surface area contributed by atoms with Crippen LogP contribution >= 0.6 is 0 Å². The molecule has 0 spiro atoms. The topological polar surface area (TPSA) is 63.2 Å². The number of rotatable bonds is 12. The van der Waals surface area contributed by atoms with Gasteiger partial charge in [-0.25, -0.2) is 4.79 Å². The average molecular weight is 290 g/mol. The minimum absolute atomic E-state index is 0.464. The lowest BCUT2D eigenvalue weighted by Gasteiger charge is -2.25. The Hall–Kier alpha value is -1.15. The molecule has 0 atom stereocenters. The van der Waals surface area contributed by atoms with E-state index in [1.807, 2.05) is 0 Å². The first-order valence-corrected chi connectivity index (χ1v) is 7.83. The first-order chi connectivity index (χ1) is 9.14. The van der Waals surface area contributed by atoms with E-state index in [0.717, 1.165) is 6.08 Å². The molecule has 0 rings (SSSR count). The van der Waals surface area contributed by atoms with Crippen LogP contribution in [0.1, 0.15) is 6.42 Å². The lowest BCUT2D eigenvalue weighted by Crippen LogP contribution is -2.45. The summed E-state index contributed by atoms with van der Waals surface area (Å²) in [5.41, 5.74) is 0. The normalized spacial score (nSPS) is 10.8. The molecule has 6 nitrogen and oxygen atoms in total. The Balaban J connectivity index is 3.96. The highest BCUT2D eigenvalue weighted by Crippen LogP contribution is 2.16. The molecule has 0 aromatic carbocycles. The molecule has 0 N–H and O–H groups in total. The van der Waals surface area contributed by atoms with Crippen LogP contribution in [-0.2, 0) is 27.5 Å². The van der Waals surface area contributed by atoms with Gasteiger partial charge >= 0.3 is 14.8 Å². The summed E-state index contributed by atoms with van der Waals surface area (Å²) >= 11 is 0. The first-order valence-electron chi connectivity index (χ1n) is 5.90. The maximum absolute atomic E-state index is 11.2. The van der Waals surface area contributed by atoms with Crippen molar-refractivity contribution in [1.82, 2.24) is 0 Å². The molecule has 0 heterocycles. The Labute approximate surface area is 115 Å². The van der Waals surface area contributed by atoms with E-state index < -0.39 is 14.8 Å². The molecule has 0 bridgehead atoms. The van der Waals surface area contributed by atoms with Gasteiger partial charge in [-0.15, -0.1) is 0 Å². The smallest absolute Gasteiger partial charge is 0.499 e. The van der Waals surface area contributed by atoms with Crippen LogP contribution in [0.4, 0.5) is 0 Å². The molecule has 0 saturated carbocycles. The predicted molar refractivity (Wildman–Crippen MR) is 72.5 cm³/mol. The number of ether oxygens (including phenoxy) is 2. The van der Waals surface area contributed by atoms with Crippen LogP contribution in [0, 0.1) is 0 Å². The Kier molecular flexibility index (Phi) is 10.1. The van der Waals surface area contributed by atoms with Crippen LogP contribution in [0.15, 0.2) is 25.5 Å². The van der Waals surface area contributed by atoms with E-state index in [4.69, 9.17) is 22.8 Å². The van der Waals surface area contributed by atoms with Gasteiger partial charge in [-0.2, -0.15) is 0 Å². The second-order valence-corrected chi connectivity index (χ2v) is 6.36. The van der Waals surface area contributed by atoms with Crippen LogP contribution in [0.5, 0.6) is 0 Å². The molecule has 0 aromatic heterocycles. The zero-order valence-electron chi connectivity index (χ0n) is 11.6. The van der Waals surface area contributed by atoms with Gasteiger partial charge in [0.05, 0.1) is 12.9 Å². The minimum atomic E-state index is -2.95. The molecular weight excluding hydrogens is 268 g/mol. The molecule has 110 valence electrons. The molecule has 0 amide bonds. The van der Waals surface area contributed by atoms with E-state index in [1.54, 1.807) is 0 Å². The molecule has 0 saturated heterocycles. The van der Waals surface area contributed by atoms with Gasteiger partial charge in [0.15, 0.2) is 0 Å². The zero-order valence-corrected chi connectivity index (χ0v) is 12.6. The molecule has 19 heavy (non-hydrogen) atoms. The second kappa shape index (κ2) is 10.7. The fraction of sp³-hybridized carbons (Fsp3) is 0.583. The average Bonchev–Trinajstić information content (AvgIpc) is 2.44. The Morgan fingerprint density at radius 1 is 1.16 bits per heavy atom. The van der Waals surface area contributed by atoms with Crippen molar-refractivity contribution in [3.63, 3.8) is 0 Å². The molecular formula is C12H22O6Si. The van der Waals surface area contributed by atoms with Crippen molar-refractivity contribution in [3.05, 3.63) is 25.5 Å². The highest BCUT2D eigenvalue weighted by atomic mass is 28.4. The van der Waals surface area contributed by atoms with Crippen molar-refractivity contribution >= 4 is 14.8 Å². The van der Waals surface area contributed by atoms with E-state index in [-0.39, 0.29) is 0 Å². The van der Waals surface area contributed by atoms with Gasteiger partial charge in [0.1, 0.15) is 6.61 Å². The number of hydrogen-bond acceptors (Lipinski definition) is 6. The minimum Gasteiger partial charge on any atom is -0.499 e. The quantitative estimate of drug-likeness (QED) is 0.235. The van der Waals surface area contributed by atoms with Gasteiger partial charge in [-0.05, 0) is 6.42 Å². The van der Waals surface area contributed by atoms with Gasteiger partial charge < -0.3 is 22.8 Å². The summed E-state index contributed by atoms with van der Waals surface area (Å²) in [6.07, 6.45) is 3.11. The van der Waals surface area contributed by atoms with Crippen LogP contribution in [0.2, 0.25) is 6.04 Å². The van der Waals surface area contributed by atoms with Crippen molar-refractivity contribution in [2.45, 2.75) is 12.5 Å². The van der Waals surface area contributed by atoms with Crippen molar-refractivity contribution < 1.29 is 27.5 Å². The monoisotopic (exact) mass is 290 g/mol. The van der Waals surface area contributed by atoms with Crippen LogP contribution in [0.25, 0.3) is 0 Å². The Morgan fingerprint density at radius 2 is 1.84 bits per heavy atom. The standard InChI is InChI=1S/C12H22O6Si/c1-5-12(13)18-19(14-3,15-4)11-7-8-17-10-9-16-6-2/h5-6H,1-2,7-11H2,3-4H3. The highest BCUT2D eigenvalue weighted by Gasteiger charge is 2.42. The largest absolute Gasteiger partial charge is 0.567 e. The van der Waals surface area contributed by atoms with E-state index in [9.17, 15) is 4.79 Å². The number of hydrogen-bond donors (Lipinski definition) is 0. The third-order valence-corrected chi connectivity index (χ3v) is 5.00. The first kappa shape index (κ1) is 17.8. The van der Waals surface area contributed by atoms with Crippen molar-refractivity contribution in [1.29, 1.82) is 0 Å². The third-order valence-electron chi connectivity index (χ3n) is 2.28. The van der Waals surface area contributed by atoms with Crippen LogP contribution < -0.4 is 0 Å². The van der Waals surface area contributed by atoms with E-state index in [2.05, 4.69) is 13.2 Å². The summed E-state index contributed by atoms with van der Waals surface area (Å²) in [4.78, 5) is 11.2. The maximum Gasteiger partial charge on any atom is 0.567 e. The lowest BCUT2D eigenvalue weighted by molar-refractivity contribution is -0.133. The summed E-state index contributed by atoms with van der Waals surface area (Å²) in [5, 5.41) is 0.